The first-order valence-electron chi connectivity index (χ1n) is 8.68. The predicted octanol–water partition coefficient (Wildman–Crippen LogP) is 6.31. The number of carbonyl (C=O) groups excluding carboxylic acids is 2. The highest BCUT2D eigenvalue weighted by Gasteiger charge is 2.89. The first-order chi connectivity index (χ1) is 14.9. The largest absolute Gasteiger partial charge is 0.465 e. The fourth-order valence-corrected chi connectivity index (χ4v) is 3.53. The third-order valence-corrected chi connectivity index (χ3v) is 5.82. The van der Waals surface area contributed by atoms with Gasteiger partial charge in [0, 0.05) is 24.7 Å². The Morgan fingerprint density at radius 1 is 0.706 bits per heavy atom. The van der Waals surface area contributed by atoms with Gasteiger partial charge in [-0.3, -0.25) is 9.59 Å². The van der Waals surface area contributed by atoms with E-state index in [1.165, 1.54) is 22.6 Å². The first-order valence-corrected chi connectivity index (χ1v) is 11.5. The molecule has 0 bridgehead atoms. The van der Waals surface area contributed by atoms with Gasteiger partial charge in [0.05, 0.1) is 10.3 Å². The van der Waals surface area contributed by atoms with Gasteiger partial charge in [0.25, 0.3) is 0 Å². The highest BCUT2D eigenvalue weighted by atomic mass is 127. The Balaban J connectivity index is 6.15. The lowest BCUT2D eigenvalue weighted by Crippen LogP contribution is -2.71. The van der Waals surface area contributed by atoms with Crippen molar-refractivity contribution in [1.82, 2.24) is 0 Å². The molecule has 0 aliphatic rings. The molecule has 0 aromatic rings. The number of carbonyl (C=O) groups is 2. The molecule has 0 heterocycles. The van der Waals surface area contributed by atoms with E-state index in [2.05, 4.69) is 9.47 Å². The molecule has 0 N–H and O–H groups in total. The summed E-state index contributed by atoms with van der Waals surface area (Å²) in [6.07, 6.45) is -7.11. The maximum absolute atomic E-state index is 13.9. The van der Waals surface area contributed by atoms with Gasteiger partial charge in [0.1, 0.15) is 12.7 Å². The van der Waals surface area contributed by atoms with Crippen LogP contribution in [0.2, 0.25) is 0 Å². The number of halogens is 14. The minimum Gasteiger partial charge on any atom is -0.465 e. The summed E-state index contributed by atoms with van der Waals surface area (Å²) in [6, 6.07) is 0. The Bertz CT molecular complexity index is 733. The fraction of sp³-hybridized carbons (Fsp3) is 0.875. The van der Waals surface area contributed by atoms with Crippen molar-refractivity contribution in [2.45, 2.75) is 72.3 Å². The van der Waals surface area contributed by atoms with Crippen molar-refractivity contribution in [1.29, 1.82) is 0 Å². The second-order valence-corrected chi connectivity index (χ2v) is 9.54. The molecule has 202 valence electrons. The Hall–Kier alpha value is -0.440. The number of ether oxygens (including phenoxy) is 2. The maximum Gasteiger partial charge on any atom is 0.384 e. The monoisotopic (exact) mass is 754 g/mol. The van der Waals surface area contributed by atoms with E-state index in [0.717, 1.165) is 29.5 Å². The average Bonchev–Trinajstić information content (AvgIpc) is 2.63. The third-order valence-electron chi connectivity index (χ3n) is 4.04. The van der Waals surface area contributed by atoms with Crippen molar-refractivity contribution in [2.75, 3.05) is 11.0 Å². The van der Waals surface area contributed by atoms with E-state index in [0.29, 0.717) is 6.92 Å². The van der Waals surface area contributed by atoms with Crippen LogP contribution in [0.5, 0.6) is 0 Å². The van der Waals surface area contributed by atoms with Crippen LogP contribution in [0, 0.1) is 0 Å². The van der Waals surface area contributed by atoms with Gasteiger partial charge in [0.2, 0.25) is 0 Å². The maximum atomic E-state index is 13.9. The molecular weight excluding hydrogens is 738 g/mol. The molecule has 0 aliphatic heterocycles. The molecule has 0 aromatic carbocycles. The summed E-state index contributed by atoms with van der Waals surface area (Å²) in [4.78, 5) is 21.4. The van der Waals surface area contributed by atoms with Crippen molar-refractivity contribution >= 4 is 57.1 Å². The number of alkyl halides is 14. The quantitative estimate of drug-likeness (QED) is 0.0959. The summed E-state index contributed by atoms with van der Waals surface area (Å²) in [7, 11) is 0. The molecule has 2 unspecified atom stereocenters. The molecule has 0 fully saturated rings. The lowest BCUT2D eigenvalue weighted by atomic mass is 9.88. The first kappa shape index (κ1) is 33.6. The SMILES string of the molecule is CC(=O)OCC(I)CC(F)(F)C(F)(F)C(F)(F)C(F)(F)C(F)(F)C(F)(F)CC(CI)OC(C)=O. The van der Waals surface area contributed by atoms with E-state index < -0.39 is 81.4 Å². The number of hydrogen-bond donors (Lipinski definition) is 0. The van der Waals surface area contributed by atoms with Crippen molar-refractivity contribution in [3.8, 4) is 0 Å². The Labute approximate surface area is 211 Å². The summed E-state index contributed by atoms with van der Waals surface area (Å²) in [5, 5.41) is 0. The van der Waals surface area contributed by atoms with E-state index >= 15 is 0 Å². The lowest BCUT2D eigenvalue weighted by Gasteiger charge is -2.42. The van der Waals surface area contributed by atoms with Gasteiger partial charge in [-0.15, -0.1) is 0 Å². The van der Waals surface area contributed by atoms with Crippen LogP contribution >= 0.6 is 45.2 Å². The van der Waals surface area contributed by atoms with Gasteiger partial charge in [-0.2, -0.15) is 52.7 Å². The molecule has 0 saturated carbocycles. The normalized spacial score (nSPS) is 16.1. The summed E-state index contributed by atoms with van der Waals surface area (Å²) < 4.78 is 173. The third kappa shape index (κ3) is 6.86. The fourth-order valence-electron chi connectivity index (χ4n) is 2.30. The van der Waals surface area contributed by atoms with Gasteiger partial charge < -0.3 is 9.47 Å². The van der Waals surface area contributed by atoms with Gasteiger partial charge in [0.15, 0.2) is 0 Å². The highest BCUT2D eigenvalue weighted by Crippen LogP contribution is 2.61. The molecule has 0 aromatic heterocycles. The summed E-state index contributed by atoms with van der Waals surface area (Å²) >= 11 is 2.10. The van der Waals surface area contributed by atoms with E-state index in [4.69, 9.17) is 0 Å². The van der Waals surface area contributed by atoms with Gasteiger partial charge in [-0.25, -0.2) is 0 Å². The van der Waals surface area contributed by atoms with E-state index in [1.54, 1.807) is 0 Å². The highest BCUT2D eigenvalue weighted by molar-refractivity contribution is 14.1. The summed E-state index contributed by atoms with van der Waals surface area (Å²) in [5.74, 6) is -44.8. The van der Waals surface area contributed by atoms with Crippen LogP contribution in [-0.4, -0.2) is 68.5 Å². The second-order valence-electron chi connectivity index (χ2n) is 6.90. The van der Waals surface area contributed by atoms with E-state index in [1.807, 2.05) is 0 Å². The molecule has 2 atom stereocenters. The van der Waals surface area contributed by atoms with Crippen molar-refractivity contribution in [3.63, 3.8) is 0 Å². The summed E-state index contributed by atoms with van der Waals surface area (Å²) in [6.45, 7) is 0.311. The Morgan fingerprint density at radius 3 is 1.41 bits per heavy atom. The van der Waals surface area contributed by atoms with Gasteiger partial charge in [-0.05, 0) is 0 Å². The zero-order valence-corrected chi connectivity index (χ0v) is 21.2. The number of esters is 2. The molecule has 0 spiro atoms. The number of rotatable bonds is 13. The standard InChI is InChI=1S/C16H16F12I2O4/c1-7(31)33-6-9(30)3-11(17,18)13(21,22)15(25,26)16(27,28)14(23,24)12(19,20)4-10(5-29)34-8(2)32/h9-10H,3-6H2,1-2H3. The second kappa shape index (κ2) is 11.3. The molecule has 0 rings (SSSR count). The molecule has 0 aliphatic carbocycles. The minimum absolute atomic E-state index is 0.614. The van der Waals surface area contributed by atoms with Gasteiger partial charge in [-0.1, -0.05) is 45.2 Å². The van der Waals surface area contributed by atoms with Crippen molar-refractivity contribution in [2.24, 2.45) is 0 Å². The smallest absolute Gasteiger partial charge is 0.384 e. The van der Waals surface area contributed by atoms with Crippen LogP contribution in [0.4, 0.5) is 52.7 Å². The van der Waals surface area contributed by atoms with Crippen LogP contribution in [0.3, 0.4) is 0 Å². The molecule has 0 amide bonds. The minimum atomic E-state index is -7.71. The molecule has 34 heavy (non-hydrogen) atoms. The number of hydrogen-bond acceptors (Lipinski definition) is 4. The van der Waals surface area contributed by atoms with Crippen LogP contribution in [0.1, 0.15) is 26.7 Å². The Kier molecular flexibility index (Phi) is 11.2. The Morgan fingerprint density at radius 2 is 1.09 bits per heavy atom. The average molecular weight is 754 g/mol. The van der Waals surface area contributed by atoms with Crippen molar-refractivity contribution < 1.29 is 71.7 Å². The predicted molar refractivity (Wildman–Crippen MR) is 108 cm³/mol. The lowest BCUT2D eigenvalue weighted by molar-refractivity contribution is -0.426. The zero-order valence-electron chi connectivity index (χ0n) is 16.9. The van der Waals surface area contributed by atoms with Crippen LogP contribution in [-0.2, 0) is 19.1 Å². The van der Waals surface area contributed by atoms with E-state index in [-0.39, 0.29) is 0 Å². The van der Waals surface area contributed by atoms with Crippen LogP contribution in [0.15, 0.2) is 0 Å². The molecule has 0 radical (unpaired) electrons. The zero-order chi connectivity index (χ0) is 27.6. The molecular formula is C16H16F12I2O4. The van der Waals surface area contributed by atoms with Gasteiger partial charge >= 0.3 is 47.5 Å². The van der Waals surface area contributed by atoms with E-state index in [9.17, 15) is 62.3 Å². The van der Waals surface area contributed by atoms with Crippen molar-refractivity contribution in [3.05, 3.63) is 0 Å². The topological polar surface area (TPSA) is 52.6 Å². The molecule has 0 saturated heterocycles. The van der Waals surface area contributed by atoms with Crippen LogP contribution in [0.25, 0.3) is 0 Å². The molecule has 4 nitrogen and oxygen atoms in total. The summed E-state index contributed by atoms with van der Waals surface area (Å²) in [5.41, 5.74) is 0. The molecule has 18 heteroatoms. The van der Waals surface area contributed by atoms with Crippen LogP contribution < -0.4 is 0 Å².